The predicted octanol–water partition coefficient (Wildman–Crippen LogP) is 2.70. The molecule has 1 aromatic carbocycles. The number of ether oxygens (including phenoxy) is 1. The summed E-state index contributed by atoms with van der Waals surface area (Å²) >= 11 is 11.9. The van der Waals surface area contributed by atoms with Crippen molar-refractivity contribution in [3.8, 4) is 0 Å². The van der Waals surface area contributed by atoms with Gasteiger partial charge in [-0.15, -0.1) is 0 Å². The summed E-state index contributed by atoms with van der Waals surface area (Å²) in [5, 5.41) is 12.7. The molecule has 0 bridgehead atoms. The van der Waals surface area contributed by atoms with Gasteiger partial charge in [0.2, 0.25) is 5.91 Å². The number of hydrogen-bond donors (Lipinski definition) is 2. The lowest BCUT2D eigenvalue weighted by molar-refractivity contribution is -0.142. The first-order valence-electron chi connectivity index (χ1n) is 6.90. The van der Waals surface area contributed by atoms with Crippen LogP contribution in [0.5, 0.6) is 0 Å². The molecule has 1 aliphatic rings. The molecule has 3 unspecified atom stereocenters. The Kier molecular flexibility index (Phi) is 5.67. The van der Waals surface area contributed by atoms with Crippen LogP contribution in [-0.4, -0.2) is 36.7 Å². The normalized spacial score (nSPS) is 21.2. The molecule has 0 spiro atoms. The average molecular weight is 346 g/mol. The maximum atomic E-state index is 12.2. The summed E-state index contributed by atoms with van der Waals surface area (Å²) in [6.45, 7) is 0.273. The number of benzene rings is 1. The Balaban J connectivity index is 1.96. The Morgan fingerprint density at radius 3 is 2.55 bits per heavy atom. The van der Waals surface area contributed by atoms with Gasteiger partial charge in [-0.1, -0.05) is 23.2 Å². The fraction of sp³-hybridized carbons (Fsp3) is 0.467. The fourth-order valence-electron chi connectivity index (χ4n) is 2.41. The van der Waals surface area contributed by atoms with Gasteiger partial charge in [-0.25, -0.2) is 4.79 Å². The van der Waals surface area contributed by atoms with E-state index in [9.17, 15) is 9.59 Å². The van der Waals surface area contributed by atoms with E-state index < -0.39 is 12.0 Å². The predicted molar refractivity (Wildman–Crippen MR) is 83.4 cm³/mol. The van der Waals surface area contributed by atoms with Crippen molar-refractivity contribution in [2.45, 2.75) is 24.8 Å². The molecule has 0 heterocycles. The number of nitrogens with one attached hydrogen (secondary N) is 1. The van der Waals surface area contributed by atoms with Crippen molar-refractivity contribution in [2.75, 3.05) is 13.7 Å². The third-order valence-corrected chi connectivity index (χ3v) is 4.10. The number of carboxylic acids is 1. The maximum Gasteiger partial charge on any atom is 0.326 e. The van der Waals surface area contributed by atoms with E-state index in [1.54, 1.807) is 18.2 Å². The zero-order valence-electron chi connectivity index (χ0n) is 12.0. The minimum absolute atomic E-state index is 0.0353. The molecule has 1 fully saturated rings. The van der Waals surface area contributed by atoms with Gasteiger partial charge < -0.3 is 15.2 Å². The molecule has 2 rings (SSSR count). The summed E-state index contributed by atoms with van der Waals surface area (Å²) < 4.78 is 4.85. The Morgan fingerprint density at radius 1 is 1.36 bits per heavy atom. The van der Waals surface area contributed by atoms with Crippen LogP contribution < -0.4 is 5.32 Å². The molecule has 1 aromatic rings. The van der Waals surface area contributed by atoms with Gasteiger partial charge in [-0.3, -0.25) is 4.79 Å². The second kappa shape index (κ2) is 7.31. The van der Waals surface area contributed by atoms with E-state index >= 15 is 0 Å². The second-order valence-electron chi connectivity index (χ2n) is 5.33. The van der Waals surface area contributed by atoms with Gasteiger partial charge in [0.15, 0.2) is 0 Å². The molecule has 7 heteroatoms. The van der Waals surface area contributed by atoms with Crippen molar-refractivity contribution in [2.24, 2.45) is 5.92 Å². The average Bonchev–Trinajstić information content (AvgIpc) is 3.22. The third kappa shape index (κ3) is 4.35. The van der Waals surface area contributed by atoms with Crippen molar-refractivity contribution in [3.63, 3.8) is 0 Å². The van der Waals surface area contributed by atoms with Crippen LogP contribution in [0.1, 0.15) is 24.3 Å². The summed E-state index contributed by atoms with van der Waals surface area (Å²) in [5.41, 5.74) is 0.904. The highest BCUT2D eigenvalue weighted by Crippen LogP contribution is 2.48. The van der Waals surface area contributed by atoms with Crippen LogP contribution in [0.2, 0.25) is 10.0 Å². The summed E-state index contributed by atoms with van der Waals surface area (Å²) in [6.07, 6.45) is 0.900. The highest BCUT2D eigenvalue weighted by atomic mass is 35.5. The SMILES string of the molecule is COCCC(NC(=O)C1CC1c1cc(Cl)cc(Cl)c1)C(=O)O. The summed E-state index contributed by atoms with van der Waals surface area (Å²) in [4.78, 5) is 23.3. The molecule has 0 radical (unpaired) electrons. The topological polar surface area (TPSA) is 75.6 Å². The first kappa shape index (κ1) is 17.1. The molecule has 1 amide bonds. The highest BCUT2D eigenvalue weighted by Gasteiger charge is 2.45. The Labute approximate surface area is 138 Å². The molecule has 0 saturated heterocycles. The Bertz CT molecular complexity index is 558. The molecular formula is C15H17Cl2NO4. The van der Waals surface area contributed by atoms with Crippen LogP contribution in [0.3, 0.4) is 0 Å². The highest BCUT2D eigenvalue weighted by molar-refractivity contribution is 6.34. The lowest BCUT2D eigenvalue weighted by atomic mass is 10.1. The number of carbonyl (C=O) groups is 2. The van der Waals surface area contributed by atoms with E-state index in [0.717, 1.165) is 5.56 Å². The molecule has 120 valence electrons. The zero-order valence-corrected chi connectivity index (χ0v) is 13.5. The van der Waals surface area contributed by atoms with E-state index in [4.69, 9.17) is 33.0 Å². The number of halogens is 2. The number of aliphatic carboxylic acids is 1. The Hall–Kier alpha value is -1.30. The van der Waals surface area contributed by atoms with Crippen LogP contribution in [-0.2, 0) is 14.3 Å². The van der Waals surface area contributed by atoms with Gasteiger partial charge in [-0.05, 0) is 36.1 Å². The number of amides is 1. The van der Waals surface area contributed by atoms with E-state index in [1.165, 1.54) is 7.11 Å². The lowest BCUT2D eigenvalue weighted by Gasteiger charge is -2.14. The largest absolute Gasteiger partial charge is 0.480 e. The maximum absolute atomic E-state index is 12.2. The van der Waals surface area contributed by atoms with Crippen molar-refractivity contribution in [1.82, 2.24) is 5.32 Å². The lowest BCUT2D eigenvalue weighted by Crippen LogP contribution is -2.42. The number of hydrogen-bond acceptors (Lipinski definition) is 3. The van der Waals surface area contributed by atoms with Crippen LogP contribution in [0.15, 0.2) is 18.2 Å². The minimum Gasteiger partial charge on any atom is -0.480 e. The molecule has 1 saturated carbocycles. The molecule has 2 N–H and O–H groups in total. The van der Waals surface area contributed by atoms with Crippen LogP contribution in [0.4, 0.5) is 0 Å². The van der Waals surface area contributed by atoms with Crippen molar-refractivity contribution in [1.29, 1.82) is 0 Å². The van der Waals surface area contributed by atoms with E-state index in [1.807, 2.05) is 0 Å². The van der Waals surface area contributed by atoms with Gasteiger partial charge in [0.05, 0.1) is 0 Å². The number of rotatable bonds is 7. The van der Waals surface area contributed by atoms with Gasteiger partial charge in [0, 0.05) is 36.1 Å². The van der Waals surface area contributed by atoms with Crippen molar-refractivity contribution >= 4 is 35.1 Å². The van der Waals surface area contributed by atoms with Crippen molar-refractivity contribution < 1.29 is 19.4 Å². The zero-order chi connectivity index (χ0) is 16.3. The summed E-state index contributed by atoms with van der Waals surface area (Å²) in [7, 11) is 1.49. The standard InChI is InChI=1S/C15H17Cl2NO4/c1-22-3-2-13(15(20)21)18-14(19)12-7-11(12)8-4-9(16)6-10(17)5-8/h4-6,11-13H,2-3,7H2,1H3,(H,18,19)(H,20,21). The molecule has 1 aliphatic carbocycles. The number of methoxy groups -OCH3 is 1. The minimum atomic E-state index is -1.06. The van der Waals surface area contributed by atoms with Gasteiger partial charge >= 0.3 is 5.97 Å². The molecule has 0 aliphatic heterocycles. The summed E-state index contributed by atoms with van der Waals surface area (Å²) in [5.74, 6) is -1.52. The van der Waals surface area contributed by atoms with Gasteiger partial charge in [0.25, 0.3) is 0 Å². The fourth-order valence-corrected chi connectivity index (χ4v) is 2.96. The quantitative estimate of drug-likeness (QED) is 0.796. The second-order valence-corrected chi connectivity index (χ2v) is 6.21. The first-order valence-corrected chi connectivity index (χ1v) is 7.66. The molecule has 22 heavy (non-hydrogen) atoms. The van der Waals surface area contributed by atoms with Crippen LogP contribution in [0, 0.1) is 5.92 Å². The molecule has 5 nitrogen and oxygen atoms in total. The van der Waals surface area contributed by atoms with E-state index in [2.05, 4.69) is 5.32 Å². The smallest absolute Gasteiger partial charge is 0.326 e. The van der Waals surface area contributed by atoms with E-state index in [-0.39, 0.29) is 30.8 Å². The molecule has 3 atom stereocenters. The molecular weight excluding hydrogens is 329 g/mol. The van der Waals surface area contributed by atoms with Gasteiger partial charge in [0.1, 0.15) is 6.04 Å². The van der Waals surface area contributed by atoms with E-state index in [0.29, 0.717) is 16.5 Å². The molecule has 0 aromatic heterocycles. The van der Waals surface area contributed by atoms with Crippen LogP contribution >= 0.6 is 23.2 Å². The third-order valence-electron chi connectivity index (χ3n) is 3.67. The van der Waals surface area contributed by atoms with Crippen LogP contribution in [0.25, 0.3) is 0 Å². The Morgan fingerprint density at radius 2 is 2.00 bits per heavy atom. The number of carbonyl (C=O) groups excluding carboxylic acids is 1. The van der Waals surface area contributed by atoms with Crippen molar-refractivity contribution in [3.05, 3.63) is 33.8 Å². The monoisotopic (exact) mass is 345 g/mol. The number of carboxylic acid groups (broad SMARTS) is 1. The summed E-state index contributed by atoms with van der Waals surface area (Å²) in [6, 6.07) is 4.27. The van der Waals surface area contributed by atoms with Gasteiger partial charge in [-0.2, -0.15) is 0 Å². The first-order chi connectivity index (χ1) is 10.4.